The van der Waals surface area contributed by atoms with Crippen molar-refractivity contribution in [1.29, 1.82) is 0 Å². The summed E-state index contributed by atoms with van der Waals surface area (Å²) < 4.78 is 34.1. The van der Waals surface area contributed by atoms with E-state index in [4.69, 9.17) is 22.6 Å². The minimum Gasteiger partial charge on any atom is -0.759 e. The summed E-state index contributed by atoms with van der Waals surface area (Å²) in [6.07, 6.45) is 0. The Hall–Kier alpha value is 1.08. The van der Waals surface area contributed by atoms with Crippen molar-refractivity contribution in [3.63, 3.8) is 0 Å². The zero-order valence-electron chi connectivity index (χ0n) is 7.60. The van der Waals surface area contributed by atoms with E-state index in [-0.39, 0.29) is 64.7 Å². The fourth-order valence-corrected chi connectivity index (χ4v) is 0. The van der Waals surface area contributed by atoms with Crippen molar-refractivity contribution in [2.24, 2.45) is 0 Å². The second-order valence-electron chi connectivity index (χ2n) is 1.49. The molecule has 0 aromatic heterocycles. The van der Waals surface area contributed by atoms with E-state index in [1.807, 2.05) is 0 Å². The molecule has 1 N–H and O–H groups in total. The van der Waals surface area contributed by atoms with Crippen LogP contribution in [0.4, 0.5) is 0 Å². The van der Waals surface area contributed by atoms with Gasteiger partial charge in [0.05, 0.1) is 0 Å². The maximum atomic E-state index is 9.60. The topological polar surface area (TPSA) is 118 Å². The van der Waals surface area contributed by atoms with Gasteiger partial charge in [-0.05, 0) is 6.92 Å². The quantitative estimate of drug-likeness (QED) is 0.206. The van der Waals surface area contributed by atoms with Gasteiger partial charge >= 0.3 is 65.1 Å². The normalized spacial score (nSPS) is 7.92. The zero-order valence-corrected chi connectivity index (χ0v) is 12.4. The summed E-state index contributed by atoms with van der Waals surface area (Å²) in [6.45, 7) is 4.60. The minimum atomic E-state index is -5.17. The molecule has 0 aliphatic rings. The molecule has 0 aromatic carbocycles. The van der Waals surface area contributed by atoms with Crippen LogP contribution in [0.3, 0.4) is 0 Å². The Morgan fingerprint density at radius 3 is 1.38 bits per heavy atom. The number of aliphatic carboxylic acids is 1. The Balaban J connectivity index is -0.0000000546. The van der Waals surface area contributed by atoms with E-state index < -0.39 is 16.4 Å². The second kappa shape index (κ2) is 11.2. The molecule has 0 radical (unpaired) electrons. The number of hydrogen-bond donors (Lipinski definition) is 1. The molecule has 0 fully saturated rings. The first kappa shape index (κ1) is 23.7. The number of carboxylic acids is 1. The van der Waals surface area contributed by atoms with Crippen LogP contribution in [0, 0.1) is 0 Å². The summed E-state index contributed by atoms with van der Waals surface area (Å²) in [6, 6.07) is 0. The Morgan fingerprint density at radius 1 is 1.31 bits per heavy atom. The molecule has 0 saturated heterocycles. The van der Waals surface area contributed by atoms with Crippen LogP contribution in [-0.4, -0.2) is 28.6 Å². The summed E-state index contributed by atoms with van der Waals surface area (Å²) in [5.74, 6) is -0.935. The molecule has 0 unspecified atom stereocenters. The Kier molecular flexibility index (Phi) is 20.3. The Morgan fingerprint density at radius 2 is 1.38 bits per heavy atom. The van der Waals surface area contributed by atoms with E-state index in [0.29, 0.717) is 0 Å². The predicted molar refractivity (Wildman–Crippen MR) is 32.9 cm³/mol. The first-order chi connectivity index (χ1) is 4.64. The van der Waals surface area contributed by atoms with Gasteiger partial charge in [0.25, 0.3) is 0 Å². The zero-order chi connectivity index (χ0) is 9.65. The Labute approximate surface area is 121 Å². The van der Waals surface area contributed by atoms with Crippen molar-refractivity contribution < 1.29 is 86.5 Å². The SMILES string of the molecule is C=C(C)C(=O)O.O=S(=O)([O-])[O-].[Na+].[Na+]. The third kappa shape index (κ3) is 62.2. The van der Waals surface area contributed by atoms with Gasteiger partial charge in [0.1, 0.15) is 0 Å². The monoisotopic (exact) mass is 228 g/mol. The fraction of sp³-hybridized carbons (Fsp3) is 0.250. The molecule has 0 amide bonds. The molecule has 0 saturated carbocycles. The van der Waals surface area contributed by atoms with Crippen LogP contribution < -0.4 is 59.1 Å². The molecule has 66 valence electrons. The molecule has 0 aromatic rings. The minimum absolute atomic E-state index is 0. The van der Waals surface area contributed by atoms with Gasteiger partial charge in [-0.2, -0.15) is 0 Å². The first-order valence-electron chi connectivity index (χ1n) is 2.20. The third-order valence-electron chi connectivity index (χ3n) is 0.365. The van der Waals surface area contributed by atoms with Gasteiger partial charge in [-0.1, -0.05) is 6.58 Å². The number of rotatable bonds is 1. The van der Waals surface area contributed by atoms with E-state index in [2.05, 4.69) is 6.58 Å². The summed E-state index contributed by atoms with van der Waals surface area (Å²) in [7, 11) is -5.17. The van der Waals surface area contributed by atoms with Crippen LogP contribution in [-0.2, 0) is 15.2 Å². The molecule has 13 heavy (non-hydrogen) atoms. The van der Waals surface area contributed by atoms with Gasteiger partial charge < -0.3 is 14.2 Å². The van der Waals surface area contributed by atoms with Crippen LogP contribution in [0.15, 0.2) is 12.2 Å². The van der Waals surface area contributed by atoms with Crippen LogP contribution >= 0.6 is 0 Å². The molecule has 0 heterocycles. The van der Waals surface area contributed by atoms with Gasteiger partial charge in [-0.25, -0.2) is 4.79 Å². The van der Waals surface area contributed by atoms with Crippen LogP contribution in [0.1, 0.15) is 6.92 Å². The van der Waals surface area contributed by atoms with E-state index in [0.717, 1.165) is 0 Å². The number of hydrogen-bond acceptors (Lipinski definition) is 5. The molecule has 0 atom stereocenters. The molecule has 0 spiro atoms. The van der Waals surface area contributed by atoms with E-state index in [1.54, 1.807) is 0 Å². The largest absolute Gasteiger partial charge is 1.00 e. The van der Waals surface area contributed by atoms with Gasteiger partial charge in [0, 0.05) is 16.0 Å². The number of carbonyl (C=O) groups is 1. The smallest absolute Gasteiger partial charge is 0.759 e. The summed E-state index contributed by atoms with van der Waals surface area (Å²) >= 11 is 0. The summed E-state index contributed by atoms with van der Waals surface area (Å²) in [4.78, 5) is 9.60. The standard InChI is InChI=1S/C4H6O2.2Na.H2O4S/c1-3(2)4(5)6;;;1-5(2,3)4/h1H2,2H3,(H,5,6);;;(H2,1,2,3,4)/q;2*+1;/p-2. The van der Waals surface area contributed by atoms with Crippen molar-refractivity contribution in [3.05, 3.63) is 12.2 Å². The summed E-state index contributed by atoms with van der Waals surface area (Å²) in [5.41, 5.74) is 0.176. The fourth-order valence-electron chi connectivity index (χ4n) is 0. The van der Waals surface area contributed by atoms with Gasteiger partial charge in [0.2, 0.25) is 0 Å². The van der Waals surface area contributed by atoms with E-state index >= 15 is 0 Å². The van der Waals surface area contributed by atoms with Crippen LogP contribution in [0.25, 0.3) is 0 Å². The van der Waals surface area contributed by atoms with Crippen molar-refractivity contribution >= 4 is 16.4 Å². The maximum absolute atomic E-state index is 9.60. The van der Waals surface area contributed by atoms with Crippen molar-refractivity contribution in [1.82, 2.24) is 0 Å². The van der Waals surface area contributed by atoms with Gasteiger partial charge in [-0.3, -0.25) is 8.42 Å². The molecule has 0 bridgehead atoms. The van der Waals surface area contributed by atoms with Crippen LogP contribution in [0.5, 0.6) is 0 Å². The van der Waals surface area contributed by atoms with E-state index in [1.165, 1.54) is 6.92 Å². The van der Waals surface area contributed by atoms with Gasteiger partial charge in [0.15, 0.2) is 0 Å². The van der Waals surface area contributed by atoms with Crippen molar-refractivity contribution in [2.75, 3.05) is 0 Å². The molecule has 9 heteroatoms. The van der Waals surface area contributed by atoms with Crippen molar-refractivity contribution in [2.45, 2.75) is 6.92 Å². The van der Waals surface area contributed by atoms with Gasteiger partial charge in [-0.15, -0.1) is 0 Å². The number of carboxylic acid groups (broad SMARTS) is 1. The van der Waals surface area contributed by atoms with Crippen molar-refractivity contribution in [3.8, 4) is 0 Å². The second-order valence-corrected chi connectivity index (χ2v) is 2.31. The van der Waals surface area contributed by atoms with E-state index in [9.17, 15) is 4.79 Å². The first-order valence-corrected chi connectivity index (χ1v) is 3.53. The molecular weight excluding hydrogens is 222 g/mol. The molecule has 6 nitrogen and oxygen atoms in total. The summed E-state index contributed by atoms with van der Waals surface area (Å²) in [5, 5.41) is 7.89. The van der Waals surface area contributed by atoms with Crippen LogP contribution in [0.2, 0.25) is 0 Å². The molecule has 0 aliphatic heterocycles. The molecular formula is C4H6Na2O6S. The average molecular weight is 228 g/mol. The maximum Gasteiger partial charge on any atom is 1.00 e. The predicted octanol–water partition coefficient (Wildman–Crippen LogP) is -6.68. The molecule has 0 rings (SSSR count). The molecule has 0 aliphatic carbocycles. The third-order valence-corrected chi connectivity index (χ3v) is 0.365. The average Bonchev–Trinajstić information content (AvgIpc) is 1.59. The Bertz CT molecular complexity index is 225.